The number of benzene rings is 2. The fourth-order valence-corrected chi connectivity index (χ4v) is 3.82. The summed E-state index contributed by atoms with van der Waals surface area (Å²) < 4.78 is 45.0. The molecule has 3 rings (SSSR count). The van der Waals surface area contributed by atoms with E-state index in [1.807, 2.05) is 36.1 Å². The molecule has 1 heterocycles. The highest BCUT2D eigenvalue weighted by atomic mass is 19.4. The van der Waals surface area contributed by atoms with Gasteiger partial charge in [-0.1, -0.05) is 24.3 Å². The van der Waals surface area contributed by atoms with Crippen molar-refractivity contribution in [3.8, 4) is 5.75 Å². The van der Waals surface area contributed by atoms with E-state index in [1.54, 1.807) is 4.90 Å². The molecule has 2 aromatic carbocycles. The van der Waals surface area contributed by atoms with Gasteiger partial charge in [0.15, 0.2) is 0 Å². The number of unbranched alkanes of at least 4 members (excludes halogenated alkanes) is 1. The Kier molecular flexibility index (Phi) is 8.92. The molecule has 2 aromatic rings. The molecule has 1 aliphatic rings. The molecule has 0 unspecified atom stereocenters. The summed E-state index contributed by atoms with van der Waals surface area (Å²) in [7, 11) is 0. The van der Waals surface area contributed by atoms with Gasteiger partial charge in [-0.25, -0.2) is 0 Å². The molecular formula is C25H30F3N3O3. The smallest absolute Gasteiger partial charge is 0.418 e. The van der Waals surface area contributed by atoms with Crippen LogP contribution in [-0.2, 0) is 15.8 Å². The topological polar surface area (TPSA) is 61.9 Å². The van der Waals surface area contributed by atoms with Gasteiger partial charge in [0.1, 0.15) is 5.75 Å². The maximum absolute atomic E-state index is 13.1. The Labute approximate surface area is 197 Å². The Hall–Kier alpha value is -3.07. The van der Waals surface area contributed by atoms with Gasteiger partial charge in [0.2, 0.25) is 11.8 Å². The van der Waals surface area contributed by atoms with Gasteiger partial charge in [0.05, 0.1) is 24.4 Å². The zero-order valence-corrected chi connectivity index (χ0v) is 19.2. The molecular weight excluding hydrogens is 447 g/mol. The van der Waals surface area contributed by atoms with Crippen molar-refractivity contribution in [3.05, 3.63) is 59.7 Å². The second-order valence-electron chi connectivity index (χ2n) is 8.37. The van der Waals surface area contributed by atoms with Crippen molar-refractivity contribution in [2.24, 2.45) is 0 Å². The zero-order chi connectivity index (χ0) is 24.6. The quantitative estimate of drug-likeness (QED) is 0.546. The van der Waals surface area contributed by atoms with Gasteiger partial charge in [0.25, 0.3) is 0 Å². The van der Waals surface area contributed by atoms with E-state index >= 15 is 0 Å². The lowest BCUT2D eigenvalue weighted by molar-refractivity contribution is -0.137. The minimum Gasteiger partial charge on any atom is -0.494 e. The number of amides is 2. The molecule has 184 valence electrons. The number of anilines is 1. The maximum Gasteiger partial charge on any atom is 0.418 e. The highest BCUT2D eigenvalue weighted by Gasteiger charge is 2.33. The molecule has 1 aliphatic heterocycles. The van der Waals surface area contributed by atoms with E-state index in [0.29, 0.717) is 39.2 Å². The maximum atomic E-state index is 13.1. The third-order valence-corrected chi connectivity index (χ3v) is 5.64. The summed E-state index contributed by atoms with van der Waals surface area (Å²) in [6.45, 7) is 4.51. The number of nitrogens with one attached hydrogen (secondary N) is 1. The number of ether oxygens (including phenoxy) is 1. The van der Waals surface area contributed by atoms with E-state index in [-0.39, 0.29) is 18.1 Å². The van der Waals surface area contributed by atoms with Crippen molar-refractivity contribution in [1.82, 2.24) is 9.80 Å². The van der Waals surface area contributed by atoms with Gasteiger partial charge < -0.3 is 15.0 Å². The van der Waals surface area contributed by atoms with Gasteiger partial charge in [-0.2, -0.15) is 13.2 Å². The largest absolute Gasteiger partial charge is 0.494 e. The lowest BCUT2D eigenvalue weighted by Gasteiger charge is -2.34. The van der Waals surface area contributed by atoms with Crippen LogP contribution in [0.25, 0.3) is 0 Å². The molecule has 0 saturated carbocycles. The minimum atomic E-state index is -4.54. The predicted octanol–water partition coefficient (Wildman–Crippen LogP) is 4.35. The van der Waals surface area contributed by atoms with Gasteiger partial charge in [-0.15, -0.1) is 0 Å². The molecule has 1 saturated heterocycles. The molecule has 6 nitrogen and oxygen atoms in total. The molecule has 9 heteroatoms. The number of aryl methyl sites for hydroxylation is 1. The first kappa shape index (κ1) is 25.6. The Morgan fingerprint density at radius 1 is 1.00 bits per heavy atom. The number of hydrogen-bond acceptors (Lipinski definition) is 4. The third-order valence-electron chi connectivity index (χ3n) is 5.64. The van der Waals surface area contributed by atoms with Gasteiger partial charge >= 0.3 is 6.18 Å². The van der Waals surface area contributed by atoms with Crippen LogP contribution in [0, 0.1) is 6.92 Å². The molecule has 1 fully saturated rings. The van der Waals surface area contributed by atoms with Crippen LogP contribution >= 0.6 is 0 Å². The first-order chi connectivity index (χ1) is 16.2. The molecule has 0 radical (unpaired) electrons. The molecule has 0 aliphatic carbocycles. The van der Waals surface area contributed by atoms with E-state index in [2.05, 4.69) is 5.32 Å². The van der Waals surface area contributed by atoms with E-state index in [9.17, 15) is 22.8 Å². The van der Waals surface area contributed by atoms with Crippen LogP contribution in [0.5, 0.6) is 5.75 Å². The molecule has 0 aromatic heterocycles. The SMILES string of the molecule is Cc1cccc(OCCCCC(=O)N2CCN(CC(=O)Nc3ccccc3C(F)(F)F)CC2)c1. The number of halogens is 3. The molecule has 0 atom stereocenters. The molecule has 2 amide bonds. The fourth-order valence-electron chi connectivity index (χ4n) is 3.82. The predicted molar refractivity (Wildman–Crippen MR) is 124 cm³/mol. The van der Waals surface area contributed by atoms with E-state index in [0.717, 1.165) is 30.2 Å². The third kappa shape index (κ3) is 7.76. The summed E-state index contributed by atoms with van der Waals surface area (Å²) in [5, 5.41) is 2.36. The molecule has 0 spiro atoms. The highest BCUT2D eigenvalue weighted by molar-refractivity contribution is 5.93. The monoisotopic (exact) mass is 477 g/mol. The Bertz CT molecular complexity index is 973. The summed E-state index contributed by atoms with van der Waals surface area (Å²) >= 11 is 0. The number of nitrogens with zero attached hydrogens (tertiary/aromatic N) is 2. The van der Waals surface area contributed by atoms with E-state index < -0.39 is 17.6 Å². The van der Waals surface area contributed by atoms with Crippen molar-refractivity contribution in [3.63, 3.8) is 0 Å². The number of para-hydroxylation sites is 1. The number of carbonyl (C=O) groups is 2. The first-order valence-electron chi connectivity index (χ1n) is 11.4. The second-order valence-corrected chi connectivity index (χ2v) is 8.37. The van der Waals surface area contributed by atoms with Crippen molar-refractivity contribution in [2.45, 2.75) is 32.4 Å². The Morgan fingerprint density at radius 2 is 1.74 bits per heavy atom. The number of rotatable bonds is 9. The van der Waals surface area contributed by atoms with Gasteiger partial charge in [0, 0.05) is 32.6 Å². The van der Waals surface area contributed by atoms with Crippen LogP contribution in [0.4, 0.5) is 18.9 Å². The summed E-state index contributed by atoms with van der Waals surface area (Å²) in [4.78, 5) is 28.4. The Morgan fingerprint density at radius 3 is 2.44 bits per heavy atom. The van der Waals surface area contributed by atoms with Crippen LogP contribution in [0.2, 0.25) is 0 Å². The summed E-state index contributed by atoms with van der Waals surface area (Å²) in [6, 6.07) is 12.7. The highest BCUT2D eigenvalue weighted by Crippen LogP contribution is 2.34. The lowest BCUT2D eigenvalue weighted by Crippen LogP contribution is -2.50. The fraction of sp³-hybridized carbons (Fsp3) is 0.440. The number of alkyl halides is 3. The average Bonchev–Trinajstić information content (AvgIpc) is 2.79. The van der Waals surface area contributed by atoms with Gasteiger partial charge in [-0.3, -0.25) is 14.5 Å². The van der Waals surface area contributed by atoms with Crippen molar-refractivity contribution >= 4 is 17.5 Å². The van der Waals surface area contributed by atoms with Crippen LogP contribution in [0.15, 0.2) is 48.5 Å². The van der Waals surface area contributed by atoms with E-state index in [1.165, 1.54) is 18.2 Å². The second kappa shape index (κ2) is 11.9. The summed E-state index contributed by atoms with van der Waals surface area (Å²) in [6.07, 6.45) is -2.60. The zero-order valence-electron chi connectivity index (χ0n) is 19.2. The van der Waals surface area contributed by atoms with Gasteiger partial charge in [-0.05, 0) is 49.6 Å². The average molecular weight is 478 g/mol. The van der Waals surface area contributed by atoms with Crippen molar-refractivity contribution in [2.75, 3.05) is 44.6 Å². The van der Waals surface area contributed by atoms with Crippen LogP contribution < -0.4 is 10.1 Å². The first-order valence-corrected chi connectivity index (χ1v) is 11.4. The minimum absolute atomic E-state index is 0.0233. The Balaban J connectivity index is 1.34. The number of piperazine rings is 1. The van der Waals surface area contributed by atoms with Crippen LogP contribution in [0.1, 0.15) is 30.4 Å². The molecule has 34 heavy (non-hydrogen) atoms. The summed E-state index contributed by atoms with van der Waals surface area (Å²) in [5.41, 5.74) is 0.0127. The normalized spacial score (nSPS) is 14.6. The molecule has 1 N–H and O–H groups in total. The van der Waals surface area contributed by atoms with Crippen LogP contribution in [0.3, 0.4) is 0 Å². The number of hydrogen-bond donors (Lipinski definition) is 1. The standard InChI is InChI=1S/C25H30F3N3O3/c1-19-7-6-8-20(17-19)34-16-5-4-11-24(33)31-14-12-30(13-15-31)18-23(32)29-22-10-3-2-9-21(22)25(26,27)28/h2-3,6-10,17H,4-5,11-16,18H2,1H3,(H,29,32). The lowest BCUT2D eigenvalue weighted by atomic mass is 10.1. The van der Waals surface area contributed by atoms with Crippen molar-refractivity contribution in [1.29, 1.82) is 0 Å². The van der Waals surface area contributed by atoms with Crippen molar-refractivity contribution < 1.29 is 27.5 Å². The van der Waals surface area contributed by atoms with E-state index in [4.69, 9.17) is 4.74 Å². The van der Waals surface area contributed by atoms with Crippen LogP contribution in [-0.4, -0.2) is 60.9 Å². The number of carbonyl (C=O) groups excluding carboxylic acids is 2. The summed E-state index contributed by atoms with van der Waals surface area (Å²) in [5.74, 6) is 0.386. The molecule has 0 bridgehead atoms.